The van der Waals surface area contributed by atoms with Crippen molar-refractivity contribution < 1.29 is 0 Å². The van der Waals surface area contributed by atoms with Crippen LogP contribution in [0.2, 0.25) is 0 Å². The van der Waals surface area contributed by atoms with Crippen molar-refractivity contribution in [2.45, 2.75) is 50.9 Å². The Hall–Kier alpha value is -1.06. The highest BCUT2D eigenvalue weighted by atomic mass is 32.2. The maximum absolute atomic E-state index is 8.43. The zero-order valence-corrected chi connectivity index (χ0v) is 11.0. The van der Waals surface area contributed by atoms with E-state index in [4.69, 9.17) is 11.0 Å². The van der Waals surface area contributed by atoms with E-state index < -0.39 is 0 Å². The molecule has 6 heteroatoms. The zero-order chi connectivity index (χ0) is 12.5. The second-order valence-electron chi connectivity index (χ2n) is 3.72. The van der Waals surface area contributed by atoms with Gasteiger partial charge < -0.3 is 10.3 Å². The van der Waals surface area contributed by atoms with Crippen LogP contribution >= 0.6 is 11.8 Å². The quantitative estimate of drug-likeness (QED) is 0.565. The zero-order valence-electron chi connectivity index (χ0n) is 10.2. The fraction of sp³-hybridized carbons (Fsp3) is 0.727. The lowest BCUT2D eigenvalue weighted by molar-refractivity contribution is 0.592. The molecule has 0 saturated carbocycles. The summed E-state index contributed by atoms with van der Waals surface area (Å²) in [5, 5.41) is 17.6. The smallest absolute Gasteiger partial charge is 0.191 e. The summed E-state index contributed by atoms with van der Waals surface area (Å²) in [5.74, 6) is 1.83. The molecule has 0 atom stereocenters. The van der Waals surface area contributed by atoms with Crippen molar-refractivity contribution in [3.05, 3.63) is 5.82 Å². The molecular weight excluding hydrogens is 234 g/mol. The van der Waals surface area contributed by atoms with E-state index in [2.05, 4.69) is 27.8 Å². The average Bonchev–Trinajstić information content (AvgIpc) is 2.72. The second kappa shape index (κ2) is 8.09. The van der Waals surface area contributed by atoms with Gasteiger partial charge in [-0.05, 0) is 19.3 Å². The molecule has 0 spiro atoms. The molecular formula is C11H19N5S. The van der Waals surface area contributed by atoms with Gasteiger partial charge in [0.1, 0.15) is 5.82 Å². The van der Waals surface area contributed by atoms with Crippen molar-refractivity contribution in [3.8, 4) is 6.07 Å². The van der Waals surface area contributed by atoms with Gasteiger partial charge in [-0.15, -0.1) is 10.2 Å². The Morgan fingerprint density at radius 3 is 2.88 bits per heavy atom. The van der Waals surface area contributed by atoms with Crippen LogP contribution in [0, 0.1) is 11.3 Å². The van der Waals surface area contributed by atoms with E-state index in [0.717, 1.165) is 42.5 Å². The fourth-order valence-electron chi connectivity index (χ4n) is 1.49. The molecule has 1 aromatic rings. The average molecular weight is 253 g/mol. The number of nitriles is 1. The van der Waals surface area contributed by atoms with Crippen LogP contribution in [0.4, 0.5) is 0 Å². The van der Waals surface area contributed by atoms with Crippen LogP contribution in [0.1, 0.15) is 38.4 Å². The summed E-state index contributed by atoms with van der Waals surface area (Å²) in [7, 11) is 0. The monoisotopic (exact) mass is 253 g/mol. The van der Waals surface area contributed by atoms with E-state index >= 15 is 0 Å². The molecule has 0 aliphatic carbocycles. The Morgan fingerprint density at radius 1 is 1.41 bits per heavy atom. The van der Waals surface area contributed by atoms with Crippen LogP contribution in [-0.2, 0) is 13.1 Å². The number of unbranched alkanes of at least 4 members (excludes halogenated alkanes) is 2. The van der Waals surface area contributed by atoms with Crippen molar-refractivity contribution in [3.63, 3.8) is 0 Å². The minimum Gasteiger partial charge on any atom is -0.324 e. The second-order valence-corrected chi connectivity index (χ2v) is 4.78. The molecule has 0 unspecified atom stereocenters. The first kappa shape index (κ1) is 14.0. The van der Waals surface area contributed by atoms with Gasteiger partial charge in [-0.3, -0.25) is 0 Å². The summed E-state index contributed by atoms with van der Waals surface area (Å²) in [4.78, 5) is 0. The predicted molar refractivity (Wildman–Crippen MR) is 68.4 cm³/mol. The molecule has 0 saturated heterocycles. The molecule has 1 aromatic heterocycles. The van der Waals surface area contributed by atoms with Crippen LogP contribution in [0.25, 0.3) is 0 Å². The van der Waals surface area contributed by atoms with Crippen molar-refractivity contribution in [1.82, 2.24) is 14.8 Å². The van der Waals surface area contributed by atoms with Crippen LogP contribution < -0.4 is 5.73 Å². The first-order chi connectivity index (χ1) is 8.33. The molecule has 0 radical (unpaired) electrons. The minimum absolute atomic E-state index is 0.433. The summed E-state index contributed by atoms with van der Waals surface area (Å²) in [6.07, 6.45) is 3.67. The molecule has 94 valence electrons. The minimum atomic E-state index is 0.433. The number of hydrogen-bond donors (Lipinski definition) is 1. The largest absolute Gasteiger partial charge is 0.324 e. The van der Waals surface area contributed by atoms with Gasteiger partial charge >= 0.3 is 0 Å². The molecule has 2 N–H and O–H groups in total. The lowest BCUT2D eigenvalue weighted by Crippen LogP contribution is -2.09. The molecule has 1 rings (SSSR count). The molecule has 0 bridgehead atoms. The maximum atomic E-state index is 8.43. The highest BCUT2D eigenvalue weighted by molar-refractivity contribution is 7.99. The van der Waals surface area contributed by atoms with E-state index in [1.165, 1.54) is 0 Å². The lowest BCUT2D eigenvalue weighted by atomic mass is 10.3. The van der Waals surface area contributed by atoms with Gasteiger partial charge in [-0.25, -0.2) is 0 Å². The molecule has 0 aliphatic rings. The molecule has 17 heavy (non-hydrogen) atoms. The van der Waals surface area contributed by atoms with E-state index in [-0.39, 0.29) is 0 Å². The highest BCUT2D eigenvalue weighted by Gasteiger charge is 2.09. The Balaban J connectivity index is 2.47. The number of nitrogens with zero attached hydrogens (tertiary/aromatic N) is 4. The summed E-state index contributed by atoms with van der Waals surface area (Å²) in [6.45, 7) is 3.48. The van der Waals surface area contributed by atoms with Crippen molar-refractivity contribution in [2.24, 2.45) is 5.73 Å². The normalized spacial score (nSPS) is 10.4. The number of hydrogen-bond acceptors (Lipinski definition) is 5. The molecule has 0 aromatic carbocycles. The van der Waals surface area contributed by atoms with E-state index in [1.807, 2.05) is 0 Å². The van der Waals surface area contributed by atoms with Crippen molar-refractivity contribution in [2.75, 3.05) is 5.75 Å². The standard InChI is InChI=1S/C11H19N5S/c1-2-7-16-10(9-13)14-15-11(16)17-8-5-3-4-6-12/h2-5,7-9,13H2,1H3. The Kier molecular flexibility index (Phi) is 6.67. The molecule has 0 fully saturated rings. The van der Waals surface area contributed by atoms with Gasteiger partial charge in [-0.1, -0.05) is 18.7 Å². The fourth-order valence-corrected chi connectivity index (χ4v) is 2.48. The van der Waals surface area contributed by atoms with Crippen molar-refractivity contribution >= 4 is 11.8 Å². The third-order valence-electron chi connectivity index (χ3n) is 2.34. The molecule has 0 aliphatic heterocycles. The van der Waals surface area contributed by atoms with E-state index in [9.17, 15) is 0 Å². The van der Waals surface area contributed by atoms with Gasteiger partial charge in [-0.2, -0.15) is 5.26 Å². The Bertz CT molecular complexity index is 368. The van der Waals surface area contributed by atoms with Crippen LogP contribution in [0.15, 0.2) is 5.16 Å². The summed E-state index contributed by atoms with van der Waals surface area (Å²) in [6, 6.07) is 2.15. The van der Waals surface area contributed by atoms with Gasteiger partial charge in [0.2, 0.25) is 0 Å². The van der Waals surface area contributed by atoms with Crippen LogP contribution in [0.5, 0.6) is 0 Å². The third-order valence-corrected chi connectivity index (χ3v) is 3.39. The number of nitrogens with two attached hydrogens (primary N) is 1. The Labute approximate surface area is 106 Å². The third kappa shape index (κ3) is 4.36. The topological polar surface area (TPSA) is 80.5 Å². The lowest BCUT2D eigenvalue weighted by Gasteiger charge is -2.06. The van der Waals surface area contributed by atoms with Gasteiger partial charge in [0.05, 0.1) is 12.6 Å². The molecule has 0 amide bonds. The van der Waals surface area contributed by atoms with Crippen LogP contribution in [0.3, 0.4) is 0 Å². The summed E-state index contributed by atoms with van der Waals surface area (Å²) < 4.78 is 2.09. The SMILES string of the molecule is CCCn1c(CN)nnc1SCCCCC#N. The maximum Gasteiger partial charge on any atom is 0.191 e. The summed E-state index contributed by atoms with van der Waals surface area (Å²) in [5.41, 5.74) is 5.62. The molecule has 5 nitrogen and oxygen atoms in total. The van der Waals surface area contributed by atoms with Crippen molar-refractivity contribution in [1.29, 1.82) is 5.26 Å². The van der Waals surface area contributed by atoms with E-state index in [0.29, 0.717) is 13.0 Å². The summed E-state index contributed by atoms with van der Waals surface area (Å²) >= 11 is 1.70. The first-order valence-corrected chi connectivity index (χ1v) is 6.94. The van der Waals surface area contributed by atoms with E-state index in [1.54, 1.807) is 11.8 Å². The van der Waals surface area contributed by atoms with Gasteiger partial charge in [0.25, 0.3) is 0 Å². The van der Waals surface area contributed by atoms with Crippen LogP contribution in [-0.4, -0.2) is 20.5 Å². The Morgan fingerprint density at radius 2 is 2.24 bits per heavy atom. The first-order valence-electron chi connectivity index (χ1n) is 5.95. The molecule has 1 heterocycles. The van der Waals surface area contributed by atoms with Gasteiger partial charge in [0, 0.05) is 18.7 Å². The predicted octanol–water partition coefficient (Wildman–Crippen LogP) is 1.93. The number of thioether (sulfide) groups is 1. The number of rotatable bonds is 8. The number of aromatic nitrogens is 3. The highest BCUT2D eigenvalue weighted by Crippen LogP contribution is 2.19. The van der Waals surface area contributed by atoms with Gasteiger partial charge in [0.15, 0.2) is 5.16 Å².